The molecule has 1 aromatic heterocycles. The van der Waals surface area contributed by atoms with Crippen molar-refractivity contribution in [3.05, 3.63) is 28.3 Å². The van der Waals surface area contributed by atoms with Crippen LogP contribution >= 0.6 is 0 Å². The number of rotatable bonds is 9. The number of aromatic amines is 1. The number of aromatic nitrogens is 1. The molecule has 5 atom stereocenters. The normalized spacial score (nSPS) is 30.6. The lowest BCUT2D eigenvalue weighted by molar-refractivity contribution is -0.149. The Hall–Kier alpha value is -3.78. The molecular formula is C40H59N5O8S. The number of carbonyl (C=O) groups excluding carboxylic acids is 4. The number of amidine groups is 1. The first-order valence-corrected chi connectivity index (χ1v) is 21.3. The van der Waals surface area contributed by atoms with Crippen molar-refractivity contribution in [2.75, 3.05) is 18.1 Å². The van der Waals surface area contributed by atoms with Crippen LogP contribution in [0, 0.1) is 54.3 Å². The number of amides is 2. The summed E-state index contributed by atoms with van der Waals surface area (Å²) in [5, 5.41) is 2.74. The Morgan fingerprint density at radius 1 is 0.889 bits per heavy atom. The van der Waals surface area contributed by atoms with Crippen LogP contribution in [0.5, 0.6) is 5.75 Å². The second-order valence-corrected chi connectivity index (χ2v) is 18.7. The minimum absolute atomic E-state index is 0.0899. The van der Waals surface area contributed by atoms with Crippen molar-refractivity contribution >= 4 is 51.0 Å². The molecule has 3 N–H and O–H groups in total. The quantitative estimate of drug-likeness (QED) is 0.244. The maximum atomic E-state index is 13.9. The summed E-state index contributed by atoms with van der Waals surface area (Å²) in [5.74, 6) is 0.0624. The van der Waals surface area contributed by atoms with Crippen molar-refractivity contribution < 1.29 is 37.1 Å². The number of hydrogen-bond acceptors (Lipinski definition) is 9. The van der Waals surface area contributed by atoms with Gasteiger partial charge in [-0.25, -0.2) is 18.1 Å². The first kappa shape index (κ1) is 41.4. The molecule has 5 rings (SSSR count). The van der Waals surface area contributed by atoms with Crippen molar-refractivity contribution in [2.24, 2.45) is 52.3 Å². The highest BCUT2D eigenvalue weighted by Gasteiger charge is 2.42. The molecule has 1 aromatic rings. The van der Waals surface area contributed by atoms with E-state index in [0.717, 1.165) is 31.9 Å². The van der Waals surface area contributed by atoms with Crippen LogP contribution < -0.4 is 14.8 Å². The third kappa shape index (κ3) is 8.69. The molecule has 0 aromatic carbocycles. The molecule has 0 radical (unpaired) electrons. The van der Waals surface area contributed by atoms with Gasteiger partial charge in [0.05, 0.1) is 35.5 Å². The van der Waals surface area contributed by atoms with Crippen LogP contribution in [0.3, 0.4) is 0 Å². The van der Waals surface area contributed by atoms with Crippen molar-refractivity contribution in [1.29, 1.82) is 0 Å². The Morgan fingerprint density at radius 3 is 1.89 bits per heavy atom. The second-order valence-electron chi connectivity index (χ2n) is 16.9. The van der Waals surface area contributed by atoms with E-state index in [4.69, 9.17) is 14.5 Å². The molecule has 5 unspecified atom stereocenters. The zero-order valence-corrected chi connectivity index (χ0v) is 34.5. The lowest BCUT2D eigenvalue weighted by Crippen LogP contribution is -2.41. The first-order valence-electron chi connectivity index (χ1n) is 19.4. The summed E-state index contributed by atoms with van der Waals surface area (Å²) < 4.78 is 38.5. The molecule has 2 aliphatic heterocycles. The smallest absolute Gasteiger partial charge is 0.315 e. The lowest BCUT2D eigenvalue weighted by Gasteiger charge is -2.36. The largest absolute Gasteiger partial charge is 0.422 e. The van der Waals surface area contributed by atoms with E-state index in [0.29, 0.717) is 65.2 Å². The molecule has 298 valence electrons. The summed E-state index contributed by atoms with van der Waals surface area (Å²) in [6.07, 6.45) is 5.62. The minimum Gasteiger partial charge on any atom is -0.422 e. The van der Waals surface area contributed by atoms with Crippen LogP contribution in [-0.4, -0.2) is 66.7 Å². The van der Waals surface area contributed by atoms with E-state index in [1.54, 1.807) is 11.8 Å². The monoisotopic (exact) mass is 769 g/mol. The molecule has 54 heavy (non-hydrogen) atoms. The highest BCUT2D eigenvalue weighted by atomic mass is 32.2. The summed E-state index contributed by atoms with van der Waals surface area (Å²) in [7, 11) is -3.70. The number of likely N-dealkylation sites (tertiary alicyclic amines) is 1. The number of nitrogens with zero attached hydrogens (tertiary/aromatic N) is 2. The number of aliphatic imine (C=N–C) groups is 1. The third-order valence-electron chi connectivity index (χ3n) is 11.9. The molecule has 2 saturated carbocycles. The predicted molar refractivity (Wildman–Crippen MR) is 207 cm³/mol. The van der Waals surface area contributed by atoms with Gasteiger partial charge in [-0.1, -0.05) is 41.5 Å². The van der Waals surface area contributed by atoms with Gasteiger partial charge in [0.25, 0.3) is 0 Å². The lowest BCUT2D eigenvalue weighted by atomic mass is 9.69. The van der Waals surface area contributed by atoms with E-state index < -0.39 is 27.9 Å². The number of sulfonamides is 1. The van der Waals surface area contributed by atoms with Crippen LogP contribution in [0.4, 0.5) is 5.82 Å². The van der Waals surface area contributed by atoms with Gasteiger partial charge in [0.1, 0.15) is 0 Å². The topological polar surface area (TPSA) is 176 Å². The van der Waals surface area contributed by atoms with Crippen LogP contribution in [0.1, 0.15) is 112 Å². The van der Waals surface area contributed by atoms with Crippen molar-refractivity contribution in [3.8, 4) is 5.75 Å². The molecule has 3 fully saturated rings. The van der Waals surface area contributed by atoms with E-state index in [2.05, 4.69) is 56.6 Å². The summed E-state index contributed by atoms with van der Waals surface area (Å²) in [6, 6.07) is -1.13. The van der Waals surface area contributed by atoms with Gasteiger partial charge < -0.3 is 19.8 Å². The predicted octanol–water partition coefficient (Wildman–Crippen LogP) is 6.32. The molecular weight excluding hydrogens is 711 g/mol. The Labute approximate surface area is 320 Å². The van der Waals surface area contributed by atoms with Crippen molar-refractivity contribution in [3.63, 3.8) is 0 Å². The van der Waals surface area contributed by atoms with Gasteiger partial charge in [0.15, 0.2) is 23.2 Å². The minimum atomic E-state index is -3.70. The molecule has 0 bridgehead atoms. The average molecular weight is 770 g/mol. The van der Waals surface area contributed by atoms with Crippen LogP contribution in [0.15, 0.2) is 22.0 Å². The van der Waals surface area contributed by atoms with E-state index in [-0.39, 0.29) is 64.7 Å². The van der Waals surface area contributed by atoms with Gasteiger partial charge >= 0.3 is 11.9 Å². The van der Waals surface area contributed by atoms with Gasteiger partial charge in [-0.3, -0.25) is 24.1 Å². The summed E-state index contributed by atoms with van der Waals surface area (Å²) in [4.78, 5) is 63.9. The maximum Gasteiger partial charge on any atom is 0.315 e. The fourth-order valence-electron chi connectivity index (χ4n) is 9.66. The molecule has 3 heterocycles. The van der Waals surface area contributed by atoms with Crippen LogP contribution in [-0.2, 0) is 33.9 Å². The average Bonchev–Trinajstić information content (AvgIpc) is 3.70. The number of ether oxygens (including phenoxy) is 2. The fourth-order valence-corrected chi connectivity index (χ4v) is 10.4. The van der Waals surface area contributed by atoms with E-state index in [1.165, 1.54) is 6.92 Å². The Morgan fingerprint density at radius 2 is 1.41 bits per heavy atom. The number of anilines is 1. The highest BCUT2D eigenvalue weighted by Crippen LogP contribution is 2.44. The SMILES string of the molecule is CC1=C(OC(=O)C2C(C)CC(C)CC2C)C(N2CCCC2=O)=NC1=C(C)c1[nH]c(NC(=O)C(C)NS(C)(=O)=O)c(OC(=O)C2C(C)CC(C)CC2C)c1C. The number of esters is 2. The number of H-pyrrole nitrogens is 1. The number of carbonyl (C=O) groups is 4. The van der Waals surface area contributed by atoms with Crippen molar-refractivity contribution in [1.82, 2.24) is 14.6 Å². The Kier molecular flexibility index (Phi) is 12.4. The first-order chi connectivity index (χ1) is 25.2. The standard InChI is InChI=1S/C40H59N5O8S/c1-19-15-21(3)30(22(4)16-19)39(48)52-34-26(8)32(41-36(34)43-38(47)28(10)44-54(11,50)51)25(7)33-27(9)35(37(42-33)45-14-12-13-29(45)46)53-40(49)31-23(5)17-20(2)18-24(31)6/h19-24,28,30-31,41,44H,12-18H2,1-11H3,(H,43,47). The third-order valence-corrected chi connectivity index (χ3v) is 12.7. The van der Waals surface area contributed by atoms with Crippen molar-refractivity contribution in [2.45, 2.75) is 114 Å². The van der Waals surface area contributed by atoms with Gasteiger partial charge in [0, 0.05) is 24.1 Å². The molecule has 14 heteroatoms. The Balaban J connectivity index is 1.57. The zero-order valence-electron chi connectivity index (χ0n) is 33.7. The number of nitrogens with one attached hydrogen (secondary N) is 3. The molecule has 1 saturated heterocycles. The van der Waals surface area contributed by atoms with Gasteiger partial charge in [0.2, 0.25) is 21.8 Å². The Bertz CT molecular complexity index is 1870. The van der Waals surface area contributed by atoms with Gasteiger partial charge in [-0.2, -0.15) is 0 Å². The van der Waals surface area contributed by atoms with E-state index in [9.17, 15) is 27.6 Å². The van der Waals surface area contributed by atoms with Crippen LogP contribution in [0.25, 0.3) is 5.57 Å². The molecule has 2 amide bonds. The zero-order chi connectivity index (χ0) is 40.0. The number of hydrogen-bond donors (Lipinski definition) is 3. The maximum absolute atomic E-state index is 13.9. The summed E-state index contributed by atoms with van der Waals surface area (Å²) in [5.41, 5.74) is 2.66. The molecule has 0 spiro atoms. The fraction of sp³-hybridized carbons (Fsp3) is 0.675. The molecule has 4 aliphatic rings. The van der Waals surface area contributed by atoms with Crippen LogP contribution in [0.2, 0.25) is 0 Å². The second kappa shape index (κ2) is 16.1. The van der Waals surface area contributed by atoms with Gasteiger partial charge in [-0.15, -0.1) is 0 Å². The molecule has 2 aliphatic carbocycles. The van der Waals surface area contributed by atoms with Gasteiger partial charge in [-0.05, 0) is 101 Å². The summed E-state index contributed by atoms with van der Waals surface area (Å²) >= 11 is 0. The molecule has 13 nitrogen and oxygen atoms in total. The van der Waals surface area contributed by atoms with E-state index >= 15 is 0 Å². The number of allylic oxidation sites excluding steroid dienone is 2. The highest BCUT2D eigenvalue weighted by molar-refractivity contribution is 7.88. The van der Waals surface area contributed by atoms with E-state index in [1.807, 2.05) is 13.8 Å². The summed E-state index contributed by atoms with van der Waals surface area (Å²) in [6.45, 7) is 19.9.